The van der Waals surface area contributed by atoms with Crippen LogP contribution in [0.15, 0.2) is 47.4 Å². The van der Waals surface area contributed by atoms with Crippen LogP contribution in [-0.4, -0.2) is 29.3 Å². The average Bonchev–Trinajstić information content (AvgIpc) is 3.05. The van der Waals surface area contributed by atoms with Crippen molar-refractivity contribution in [3.63, 3.8) is 0 Å². The molecule has 7 nitrogen and oxygen atoms in total. The third-order valence-electron chi connectivity index (χ3n) is 3.80. The molecule has 0 radical (unpaired) electrons. The summed E-state index contributed by atoms with van der Waals surface area (Å²) in [6.45, 7) is 1.73. The SMILES string of the molecule is CCc1c(C(=O)NS(=O)(=O)c2ccccc2Cl)nnn1-c1ccc(F)cc1Cl. The molecule has 0 aliphatic rings. The Morgan fingerprint density at radius 1 is 1.18 bits per heavy atom. The Kier molecular flexibility index (Phi) is 5.69. The molecule has 0 saturated carbocycles. The molecule has 1 heterocycles. The van der Waals surface area contributed by atoms with E-state index in [0.717, 1.165) is 6.07 Å². The lowest BCUT2D eigenvalue weighted by atomic mass is 10.2. The van der Waals surface area contributed by atoms with Gasteiger partial charge in [-0.05, 0) is 36.8 Å². The van der Waals surface area contributed by atoms with Crippen LogP contribution in [0.3, 0.4) is 0 Å². The minimum atomic E-state index is -4.22. The molecule has 0 saturated heterocycles. The van der Waals surface area contributed by atoms with Gasteiger partial charge in [0.1, 0.15) is 10.7 Å². The predicted molar refractivity (Wildman–Crippen MR) is 102 cm³/mol. The fourth-order valence-electron chi connectivity index (χ4n) is 2.53. The normalized spacial score (nSPS) is 11.4. The second-order valence-corrected chi connectivity index (χ2v) is 8.08. The summed E-state index contributed by atoms with van der Waals surface area (Å²) in [5.74, 6) is -1.50. The number of amides is 1. The lowest BCUT2D eigenvalue weighted by molar-refractivity contribution is 0.0975. The molecule has 0 fully saturated rings. The quantitative estimate of drug-likeness (QED) is 0.653. The number of sulfonamides is 1. The van der Waals surface area contributed by atoms with E-state index in [1.165, 1.54) is 35.0 Å². The summed E-state index contributed by atoms with van der Waals surface area (Å²) in [4.78, 5) is 12.3. The van der Waals surface area contributed by atoms with Crippen LogP contribution in [0.4, 0.5) is 4.39 Å². The van der Waals surface area contributed by atoms with Crippen molar-refractivity contribution in [3.05, 3.63) is 69.7 Å². The molecular weight excluding hydrogens is 430 g/mol. The number of nitrogens with zero attached hydrogens (tertiary/aromatic N) is 3. The van der Waals surface area contributed by atoms with E-state index in [-0.39, 0.29) is 27.1 Å². The minimum absolute atomic E-state index is 0.0275. The van der Waals surface area contributed by atoms with Crippen LogP contribution in [0, 0.1) is 5.82 Å². The Bertz CT molecular complexity index is 1160. The summed E-state index contributed by atoms with van der Waals surface area (Å²) in [7, 11) is -4.22. The number of benzene rings is 2. The van der Waals surface area contributed by atoms with Gasteiger partial charge in [0.05, 0.1) is 21.4 Å². The maximum absolute atomic E-state index is 13.3. The molecule has 11 heteroatoms. The number of carbonyl (C=O) groups excluding carboxylic acids is 1. The maximum atomic E-state index is 13.3. The Labute approximate surface area is 170 Å². The van der Waals surface area contributed by atoms with Gasteiger partial charge in [0.2, 0.25) is 0 Å². The topological polar surface area (TPSA) is 93.9 Å². The summed E-state index contributed by atoms with van der Waals surface area (Å²) < 4.78 is 41.4. The van der Waals surface area contributed by atoms with Crippen LogP contribution in [0.1, 0.15) is 23.1 Å². The molecule has 3 rings (SSSR count). The molecule has 28 heavy (non-hydrogen) atoms. The molecular formula is C17H13Cl2FN4O3S. The Hall–Kier alpha value is -2.49. The number of hydrogen-bond acceptors (Lipinski definition) is 5. The summed E-state index contributed by atoms with van der Waals surface area (Å²) >= 11 is 11.9. The van der Waals surface area contributed by atoms with Crippen LogP contribution >= 0.6 is 23.2 Å². The number of halogens is 3. The number of hydrogen-bond donors (Lipinski definition) is 1. The highest BCUT2D eigenvalue weighted by Crippen LogP contribution is 2.24. The highest BCUT2D eigenvalue weighted by atomic mass is 35.5. The third-order valence-corrected chi connectivity index (χ3v) is 5.94. The molecule has 1 N–H and O–H groups in total. The van der Waals surface area contributed by atoms with Gasteiger partial charge in [-0.25, -0.2) is 22.2 Å². The van der Waals surface area contributed by atoms with E-state index in [9.17, 15) is 17.6 Å². The molecule has 0 unspecified atom stereocenters. The second-order valence-electron chi connectivity index (χ2n) is 5.61. The predicted octanol–water partition coefficient (Wildman–Crippen LogP) is 3.39. The van der Waals surface area contributed by atoms with Gasteiger partial charge >= 0.3 is 0 Å². The summed E-state index contributed by atoms with van der Waals surface area (Å²) in [6, 6.07) is 9.38. The van der Waals surface area contributed by atoms with E-state index in [4.69, 9.17) is 23.2 Å². The molecule has 3 aromatic rings. The highest BCUT2D eigenvalue weighted by molar-refractivity contribution is 7.90. The highest BCUT2D eigenvalue weighted by Gasteiger charge is 2.26. The van der Waals surface area contributed by atoms with Crippen molar-refractivity contribution in [2.24, 2.45) is 0 Å². The fraction of sp³-hybridized carbons (Fsp3) is 0.118. The smallest absolute Gasteiger partial charge is 0.266 e. The van der Waals surface area contributed by atoms with Crippen molar-refractivity contribution in [2.45, 2.75) is 18.2 Å². The van der Waals surface area contributed by atoms with Gasteiger partial charge in [0.15, 0.2) is 5.69 Å². The van der Waals surface area contributed by atoms with Gasteiger partial charge < -0.3 is 0 Å². The van der Waals surface area contributed by atoms with E-state index in [1.54, 1.807) is 13.0 Å². The van der Waals surface area contributed by atoms with E-state index in [0.29, 0.717) is 11.4 Å². The lowest BCUT2D eigenvalue weighted by Gasteiger charge is -2.09. The number of carbonyl (C=O) groups is 1. The van der Waals surface area contributed by atoms with E-state index < -0.39 is 21.7 Å². The summed E-state index contributed by atoms with van der Waals surface area (Å²) in [5, 5.41) is 7.68. The van der Waals surface area contributed by atoms with Gasteiger partial charge in [-0.2, -0.15) is 0 Å². The standard InChI is InChI=1S/C17H13Cl2FN4O3S/c1-2-13-16(21-23-24(13)14-8-7-10(20)9-12(14)19)17(25)22-28(26,27)15-6-4-3-5-11(15)18/h3-9H,2H2,1H3,(H,22,25). The molecule has 0 bridgehead atoms. The molecule has 0 aliphatic carbocycles. The zero-order chi connectivity index (χ0) is 20.5. The number of nitrogens with one attached hydrogen (secondary N) is 1. The first-order valence-corrected chi connectivity index (χ1v) is 10.2. The van der Waals surface area contributed by atoms with Crippen molar-refractivity contribution in [2.75, 3.05) is 0 Å². The maximum Gasteiger partial charge on any atom is 0.287 e. The van der Waals surface area contributed by atoms with E-state index in [2.05, 4.69) is 10.3 Å². The van der Waals surface area contributed by atoms with Crippen molar-refractivity contribution >= 4 is 39.1 Å². The van der Waals surface area contributed by atoms with Crippen LogP contribution in [-0.2, 0) is 16.4 Å². The molecule has 2 aromatic carbocycles. The summed E-state index contributed by atoms with van der Waals surface area (Å²) in [5.41, 5.74) is 0.416. The van der Waals surface area contributed by atoms with Gasteiger partial charge in [-0.3, -0.25) is 4.79 Å². The molecule has 1 aromatic heterocycles. The molecule has 0 spiro atoms. The fourth-order valence-corrected chi connectivity index (χ4v) is 4.25. The van der Waals surface area contributed by atoms with E-state index in [1.807, 2.05) is 4.72 Å². The van der Waals surface area contributed by atoms with E-state index >= 15 is 0 Å². The zero-order valence-corrected chi connectivity index (χ0v) is 16.7. The van der Waals surface area contributed by atoms with Gasteiger partial charge in [-0.1, -0.05) is 47.5 Å². The molecule has 0 aliphatic heterocycles. The van der Waals surface area contributed by atoms with Gasteiger partial charge in [0.25, 0.3) is 15.9 Å². The third kappa shape index (κ3) is 3.87. The monoisotopic (exact) mass is 442 g/mol. The first-order valence-electron chi connectivity index (χ1n) is 7.96. The molecule has 0 atom stereocenters. The second kappa shape index (κ2) is 7.86. The van der Waals surface area contributed by atoms with Gasteiger partial charge in [-0.15, -0.1) is 5.10 Å². The first-order chi connectivity index (χ1) is 13.2. The molecule has 146 valence electrons. The van der Waals surface area contributed by atoms with Crippen molar-refractivity contribution in [3.8, 4) is 5.69 Å². The zero-order valence-electron chi connectivity index (χ0n) is 14.4. The van der Waals surface area contributed by atoms with Crippen molar-refractivity contribution in [1.82, 2.24) is 19.7 Å². The first kappa shape index (κ1) is 20.2. The van der Waals surface area contributed by atoms with Gasteiger partial charge in [0, 0.05) is 0 Å². The lowest BCUT2D eigenvalue weighted by Crippen LogP contribution is -2.31. The largest absolute Gasteiger partial charge is 0.287 e. The van der Waals surface area contributed by atoms with Crippen molar-refractivity contribution in [1.29, 1.82) is 0 Å². The Balaban J connectivity index is 1.97. The van der Waals surface area contributed by atoms with Crippen LogP contribution < -0.4 is 4.72 Å². The summed E-state index contributed by atoms with van der Waals surface area (Å²) in [6.07, 6.45) is 0.287. The number of rotatable bonds is 5. The minimum Gasteiger partial charge on any atom is -0.266 e. The van der Waals surface area contributed by atoms with Crippen molar-refractivity contribution < 1.29 is 17.6 Å². The van der Waals surface area contributed by atoms with Crippen LogP contribution in [0.2, 0.25) is 10.0 Å². The van der Waals surface area contributed by atoms with Crippen LogP contribution in [0.25, 0.3) is 5.69 Å². The molecule has 1 amide bonds. The Morgan fingerprint density at radius 2 is 1.89 bits per heavy atom. The number of aromatic nitrogens is 3. The Morgan fingerprint density at radius 3 is 2.54 bits per heavy atom. The van der Waals surface area contributed by atoms with Crippen LogP contribution in [0.5, 0.6) is 0 Å². The average molecular weight is 443 g/mol.